The second-order valence-corrected chi connectivity index (χ2v) is 18.3. The van der Waals surface area contributed by atoms with Crippen LogP contribution in [-0.4, -0.2) is 118 Å². The zero-order valence-corrected chi connectivity index (χ0v) is 36.0. The van der Waals surface area contributed by atoms with E-state index >= 15 is 4.79 Å². The molecule has 2 saturated carbocycles. The number of carbonyl (C=O) groups excluding carboxylic acids is 6. The third-order valence-corrected chi connectivity index (χ3v) is 13.0. The number of ketones is 1. The molecule has 0 spiro atoms. The fourth-order valence-electron chi connectivity index (χ4n) is 9.84. The van der Waals surface area contributed by atoms with Crippen molar-refractivity contribution < 1.29 is 72.5 Å². The lowest BCUT2D eigenvalue weighted by molar-refractivity contribution is -0.346. The average molecular weight is 865 g/mol. The third kappa shape index (κ3) is 8.00. The Morgan fingerprint density at radius 3 is 2.13 bits per heavy atom. The summed E-state index contributed by atoms with van der Waals surface area (Å²) in [6.07, 6.45) is -12.1. The van der Waals surface area contributed by atoms with Crippen LogP contribution in [0.1, 0.15) is 90.2 Å². The monoisotopic (exact) mass is 864 g/mol. The molecular formula is C45H56N2O15. The SMILES string of the molecule is CC(=O)O[C@@]12CO[C@@H]1C[C@H](O)[C@@]1(C)C(=O)[C@H](O)C3=C(C)[C@@H](OC(=O)[C@H](OC(=O)OC(C)(C)C)[C@@H](NC(=O)CN)c4ccccc4)C[C@@](O)([C@@H](OC(=O)c4ccccc4)[C@H]21)C3(C)C. The van der Waals surface area contributed by atoms with Gasteiger partial charge < -0.3 is 54.8 Å². The number of benzene rings is 2. The quantitative estimate of drug-likeness (QED) is 0.131. The molecule has 4 aliphatic rings. The molecule has 3 fully saturated rings. The standard InChI is InChI=1S/C45H56N2O15/c1-23-27(58-39(54)34(59-40(55)62-41(3,4)5)32(47-30(50)21-46)25-15-11-9-12-16-25)20-45(56)37(60-38(53)26-17-13-10-14-18-26)35-43(8,36(52)33(51)31(23)42(45,6)7)28(49)19-29-44(35,22-57-29)61-24(2)48/h9-18,27-29,32-35,37,49,51,56H,19-22,46H2,1-8H3,(H,47,50)/t27-,28-,29+,32-,33+,34+,35-,37-,43+,44-,45+/m0/s1. The molecule has 6 N–H and O–H groups in total. The van der Waals surface area contributed by atoms with E-state index in [1.54, 1.807) is 69.3 Å². The summed E-state index contributed by atoms with van der Waals surface area (Å²) < 4.78 is 35.4. The number of esters is 3. The number of hydrogen-bond acceptors (Lipinski definition) is 16. The van der Waals surface area contributed by atoms with Crippen LogP contribution >= 0.6 is 0 Å². The summed E-state index contributed by atoms with van der Waals surface area (Å²) in [4.78, 5) is 83.1. The summed E-state index contributed by atoms with van der Waals surface area (Å²) in [6, 6.07) is 14.5. The van der Waals surface area contributed by atoms with Gasteiger partial charge in [0.05, 0.1) is 36.2 Å². The smallest absolute Gasteiger partial charge is 0.455 e. The number of Topliss-reactive ketones (excluding diaryl/α,β-unsaturated/α-hetero) is 1. The van der Waals surface area contributed by atoms with Gasteiger partial charge in [-0.25, -0.2) is 14.4 Å². The number of aliphatic hydroxyl groups is 3. The maximum absolute atomic E-state index is 15.1. The molecule has 0 aromatic heterocycles. The van der Waals surface area contributed by atoms with Crippen molar-refractivity contribution in [1.82, 2.24) is 5.32 Å². The Morgan fingerprint density at radius 1 is 0.968 bits per heavy atom. The van der Waals surface area contributed by atoms with E-state index in [9.17, 15) is 39.3 Å². The first-order valence-corrected chi connectivity index (χ1v) is 20.5. The van der Waals surface area contributed by atoms with E-state index in [2.05, 4.69) is 5.32 Å². The van der Waals surface area contributed by atoms with Crippen LogP contribution in [0.25, 0.3) is 0 Å². The van der Waals surface area contributed by atoms with E-state index in [0.29, 0.717) is 5.56 Å². The van der Waals surface area contributed by atoms with Crippen LogP contribution in [0.2, 0.25) is 0 Å². The summed E-state index contributed by atoms with van der Waals surface area (Å²) >= 11 is 0. The lowest BCUT2D eigenvalue weighted by Gasteiger charge is -2.67. The molecule has 17 nitrogen and oxygen atoms in total. The average Bonchev–Trinajstić information content (AvgIpc) is 3.20. The molecule has 2 aromatic carbocycles. The number of amides is 1. The van der Waals surface area contributed by atoms with Gasteiger partial charge in [-0.05, 0) is 63.5 Å². The highest BCUT2D eigenvalue weighted by atomic mass is 16.7. The Balaban J connectivity index is 1.54. The summed E-state index contributed by atoms with van der Waals surface area (Å²) in [5.74, 6) is -6.20. The van der Waals surface area contributed by atoms with Crippen LogP contribution in [0.15, 0.2) is 71.8 Å². The largest absolute Gasteiger partial charge is 0.509 e. The van der Waals surface area contributed by atoms with Gasteiger partial charge in [0.2, 0.25) is 12.0 Å². The Labute approximate surface area is 359 Å². The van der Waals surface area contributed by atoms with Crippen LogP contribution in [0, 0.1) is 16.7 Å². The predicted octanol–water partition coefficient (Wildman–Crippen LogP) is 2.77. The van der Waals surface area contributed by atoms with Crippen molar-refractivity contribution >= 4 is 35.8 Å². The number of ether oxygens (including phenoxy) is 6. The predicted molar refractivity (Wildman–Crippen MR) is 217 cm³/mol. The van der Waals surface area contributed by atoms with Crippen molar-refractivity contribution in [1.29, 1.82) is 0 Å². The second kappa shape index (κ2) is 16.8. The maximum Gasteiger partial charge on any atom is 0.509 e. The lowest BCUT2D eigenvalue weighted by Crippen LogP contribution is -2.81. The van der Waals surface area contributed by atoms with Crippen molar-refractivity contribution in [2.75, 3.05) is 13.2 Å². The molecule has 1 aliphatic heterocycles. The van der Waals surface area contributed by atoms with Gasteiger partial charge >= 0.3 is 24.1 Å². The Bertz CT molecular complexity index is 2120. The van der Waals surface area contributed by atoms with E-state index in [-0.39, 0.29) is 29.7 Å². The fourth-order valence-corrected chi connectivity index (χ4v) is 9.84. The van der Waals surface area contributed by atoms with Crippen molar-refractivity contribution in [3.05, 3.63) is 82.9 Å². The fraction of sp³-hybridized carbons (Fsp3) is 0.556. The molecule has 6 rings (SSSR count). The van der Waals surface area contributed by atoms with Crippen LogP contribution < -0.4 is 11.1 Å². The first-order chi connectivity index (χ1) is 28.9. The van der Waals surface area contributed by atoms with E-state index in [1.165, 1.54) is 39.8 Å². The van der Waals surface area contributed by atoms with Gasteiger partial charge in [-0.3, -0.25) is 14.4 Å². The summed E-state index contributed by atoms with van der Waals surface area (Å²) in [6.45, 7) is 11.0. The topological polar surface area (TPSA) is 257 Å². The lowest BCUT2D eigenvalue weighted by atomic mass is 9.44. The van der Waals surface area contributed by atoms with Crippen LogP contribution in [0.4, 0.5) is 4.79 Å². The Morgan fingerprint density at radius 2 is 1.58 bits per heavy atom. The molecule has 2 bridgehead atoms. The minimum atomic E-state index is -2.41. The van der Waals surface area contributed by atoms with Crippen molar-refractivity contribution in [2.24, 2.45) is 22.5 Å². The number of nitrogens with one attached hydrogen (secondary N) is 1. The van der Waals surface area contributed by atoms with Gasteiger partial charge in [-0.15, -0.1) is 0 Å². The highest BCUT2D eigenvalue weighted by Gasteiger charge is 2.78. The van der Waals surface area contributed by atoms with E-state index in [1.807, 2.05) is 0 Å². The minimum absolute atomic E-state index is 0.0580. The number of carbonyl (C=O) groups is 6. The van der Waals surface area contributed by atoms with Crippen molar-refractivity contribution in [3.63, 3.8) is 0 Å². The number of aliphatic hydroxyl groups excluding tert-OH is 2. The van der Waals surface area contributed by atoms with Crippen LogP contribution in [-0.2, 0) is 47.6 Å². The van der Waals surface area contributed by atoms with E-state index in [0.717, 1.165) is 6.92 Å². The van der Waals surface area contributed by atoms with Crippen molar-refractivity contribution in [2.45, 2.75) is 128 Å². The second-order valence-electron chi connectivity index (χ2n) is 18.3. The normalized spacial score (nSPS) is 32.2. The van der Waals surface area contributed by atoms with Gasteiger partial charge in [0.25, 0.3) is 0 Å². The number of fused-ring (bicyclic) bond motifs is 5. The first-order valence-electron chi connectivity index (χ1n) is 20.5. The molecule has 3 aliphatic carbocycles. The summed E-state index contributed by atoms with van der Waals surface area (Å²) in [7, 11) is 0. The molecule has 1 amide bonds. The van der Waals surface area contributed by atoms with Crippen LogP contribution in [0.3, 0.4) is 0 Å². The van der Waals surface area contributed by atoms with Gasteiger partial charge in [0.15, 0.2) is 11.4 Å². The molecule has 1 heterocycles. The Kier molecular flexibility index (Phi) is 12.6. The molecule has 0 unspecified atom stereocenters. The molecule has 1 saturated heterocycles. The first kappa shape index (κ1) is 46.3. The zero-order valence-electron chi connectivity index (χ0n) is 36.0. The highest BCUT2D eigenvalue weighted by Crippen LogP contribution is 2.64. The van der Waals surface area contributed by atoms with E-state index in [4.69, 9.17) is 34.2 Å². The molecule has 17 heteroatoms. The number of rotatable bonds is 10. The molecule has 11 atom stereocenters. The molecule has 62 heavy (non-hydrogen) atoms. The molecule has 2 aromatic rings. The highest BCUT2D eigenvalue weighted by molar-refractivity contribution is 5.94. The van der Waals surface area contributed by atoms with E-state index < -0.39 is 125 Å². The Hall–Kier alpha value is -5.20. The van der Waals surface area contributed by atoms with Crippen LogP contribution in [0.5, 0.6) is 0 Å². The third-order valence-electron chi connectivity index (χ3n) is 13.0. The zero-order chi connectivity index (χ0) is 45.7. The summed E-state index contributed by atoms with van der Waals surface area (Å²) in [5, 5.41) is 40.4. The maximum atomic E-state index is 15.1. The van der Waals surface area contributed by atoms with Gasteiger partial charge in [0.1, 0.15) is 41.7 Å². The summed E-state index contributed by atoms with van der Waals surface area (Å²) in [5.41, 5.74) is -2.97. The molecule has 336 valence electrons. The minimum Gasteiger partial charge on any atom is -0.455 e. The van der Waals surface area contributed by atoms with Gasteiger partial charge in [-0.2, -0.15) is 0 Å². The van der Waals surface area contributed by atoms with Gasteiger partial charge in [-0.1, -0.05) is 62.4 Å². The number of hydrogen-bond donors (Lipinski definition) is 5. The van der Waals surface area contributed by atoms with Gasteiger partial charge in [0, 0.05) is 25.2 Å². The molecule has 0 radical (unpaired) electrons. The van der Waals surface area contributed by atoms with Crippen molar-refractivity contribution in [3.8, 4) is 0 Å². The molecular weight excluding hydrogens is 808 g/mol. The number of nitrogens with two attached hydrogens (primary N) is 1.